The summed E-state index contributed by atoms with van der Waals surface area (Å²) in [5.74, 6) is -0.544. The lowest BCUT2D eigenvalue weighted by molar-refractivity contribution is 0.107. The van der Waals surface area contributed by atoms with Crippen LogP contribution in [-0.4, -0.2) is 6.17 Å². The first-order valence-electron chi connectivity index (χ1n) is 8.96. The second-order valence-corrected chi connectivity index (χ2v) is 6.95. The maximum Gasteiger partial charge on any atom is 0.131 e. The Kier molecular flexibility index (Phi) is 4.20. The molecule has 1 aliphatic rings. The minimum atomic E-state index is -1.23. The molecule has 0 heterocycles. The zero-order valence-electron chi connectivity index (χ0n) is 14.5. The second-order valence-electron chi connectivity index (χ2n) is 6.95. The van der Waals surface area contributed by atoms with Gasteiger partial charge in [0.1, 0.15) is 12.3 Å². The maximum absolute atomic E-state index is 14.8. The number of nitrogens with zero attached hydrogens (tertiary/aromatic N) is 1. The van der Waals surface area contributed by atoms with E-state index >= 15 is 0 Å². The number of alkyl halides is 2. The van der Waals surface area contributed by atoms with Crippen molar-refractivity contribution in [3.8, 4) is 17.2 Å². The fourth-order valence-corrected chi connectivity index (χ4v) is 4.04. The first-order chi connectivity index (χ1) is 12.6. The van der Waals surface area contributed by atoms with Gasteiger partial charge in [0.15, 0.2) is 0 Å². The minimum Gasteiger partial charge on any atom is -0.247 e. The highest BCUT2D eigenvalue weighted by Gasteiger charge is 2.36. The molecule has 3 aromatic carbocycles. The van der Waals surface area contributed by atoms with E-state index in [4.69, 9.17) is 5.26 Å². The molecule has 0 aromatic heterocycles. The Labute approximate surface area is 151 Å². The molecule has 26 heavy (non-hydrogen) atoms. The van der Waals surface area contributed by atoms with Gasteiger partial charge in [0.25, 0.3) is 0 Å². The third-order valence-corrected chi connectivity index (χ3v) is 5.52. The Morgan fingerprint density at radius 2 is 1.73 bits per heavy atom. The molecule has 0 aliphatic heterocycles. The molecule has 1 nitrogen and oxygen atoms in total. The van der Waals surface area contributed by atoms with Crippen LogP contribution in [-0.2, 0) is 6.42 Å². The van der Waals surface area contributed by atoms with Crippen molar-refractivity contribution < 1.29 is 8.78 Å². The van der Waals surface area contributed by atoms with Crippen molar-refractivity contribution in [1.82, 2.24) is 0 Å². The predicted molar refractivity (Wildman–Crippen MR) is 100 cm³/mol. The zero-order chi connectivity index (χ0) is 18.3. The molecule has 4 rings (SSSR count). The summed E-state index contributed by atoms with van der Waals surface area (Å²) < 4.78 is 29.2. The van der Waals surface area contributed by atoms with E-state index in [9.17, 15) is 8.78 Å². The van der Waals surface area contributed by atoms with Crippen LogP contribution < -0.4 is 0 Å². The van der Waals surface area contributed by atoms with E-state index in [2.05, 4.69) is 6.07 Å². The quantitative estimate of drug-likeness (QED) is 0.533. The normalized spacial score (nSPS) is 22.0. The molecular weight excluding hydrogens is 328 g/mol. The number of halogens is 2. The highest BCUT2D eigenvalue weighted by Crippen LogP contribution is 2.43. The van der Waals surface area contributed by atoms with E-state index in [-0.39, 0.29) is 6.42 Å². The fraction of sp³-hybridized carbons (Fsp3) is 0.261. The van der Waals surface area contributed by atoms with Gasteiger partial charge >= 0.3 is 0 Å². The molecule has 0 saturated heterocycles. The van der Waals surface area contributed by atoms with Crippen LogP contribution in [0.1, 0.15) is 36.2 Å². The van der Waals surface area contributed by atoms with E-state index < -0.39 is 18.3 Å². The third-order valence-electron chi connectivity index (χ3n) is 5.52. The lowest BCUT2D eigenvalue weighted by Gasteiger charge is -2.31. The van der Waals surface area contributed by atoms with Crippen LogP contribution in [0.25, 0.3) is 21.9 Å². The predicted octanol–water partition coefficient (Wildman–Crippen LogP) is 6.31. The summed E-state index contributed by atoms with van der Waals surface area (Å²) in [7, 11) is 0. The Hall–Kier alpha value is -2.73. The van der Waals surface area contributed by atoms with Crippen LogP contribution in [0, 0.1) is 17.2 Å². The summed E-state index contributed by atoms with van der Waals surface area (Å²) in [5.41, 5.74) is 4.11. The SMILES string of the molecule is CC[C@H]1C(F)c2ccc3cc(-c4ccc(C#N)cc4)ccc3c2C[C@@H]1F. The average molecular weight is 347 g/mol. The highest BCUT2D eigenvalue weighted by atomic mass is 19.1. The molecule has 3 atom stereocenters. The Bertz CT molecular complexity index is 1000. The van der Waals surface area contributed by atoms with Crippen molar-refractivity contribution >= 4 is 10.8 Å². The van der Waals surface area contributed by atoms with E-state index in [1.165, 1.54) is 0 Å². The van der Waals surface area contributed by atoms with Crippen LogP contribution in [0.4, 0.5) is 8.78 Å². The van der Waals surface area contributed by atoms with Gasteiger partial charge < -0.3 is 0 Å². The van der Waals surface area contributed by atoms with Crippen LogP contribution in [0.2, 0.25) is 0 Å². The Morgan fingerprint density at radius 3 is 2.42 bits per heavy atom. The number of fused-ring (bicyclic) bond motifs is 3. The highest BCUT2D eigenvalue weighted by molar-refractivity contribution is 5.91. The molecule has 130 valence electrons. The summed E-state index contributed by atoms with van der Waals surface area (Å²) in [4.78, 5) is 0. The van der Waals surface area contributed by atoms with Gasteiger partial charge in [0.05, 0.1) is 11.6 Å². The summed E-state index contributed by atoms with van der Waals surface area (Å²) in [6.07, 6.45) is -1.58. The number of benzene rings is 3. The molecule has 1 unspecified atom stereocenters. The van der Waals surface area contributed by atoms with Gasteiger partial charge in [-0.05, 0) is 57.6 Å². The van der Waals surface area contributed by atoms with Gasteiger partial charge in [-0.3, -0.25) is 0 Å². The average Bonchev–Trinajstić information content (AvgIpc) is 2.68. The largest absolute Gasteiger partial charge is 0.247 e. The summed E-state index contributed by atoms with van der Waals surface area (Å²) in [5, 5.41) is 10.8. The van der Waals surface area contributed by atoms with Crippen LogP contribution >= 0.6 is 0 Å². The van der Waals surface area contributed by atoms with Gasteiger partial charge in [-0.25, -0.2) is 8.78 Å². The smallest absolute Gasteiger partial charge is 0.131 e. The van der Waals surface area contributed by atoms with E-state index in [1.54, 1.807) is 12.1 Å². The topological polar surface area (TPSA) is 23.8 Å². The van der Waals surface area contributed by atoms with Gasteiger partial charge in [-0.1, -0.05) is 43.3 Å². The van der Waals surface area contributed by atoms with Crippen molar-refractivity contribution in [2.24, 2.45) is 5.92 Å². The molecule has 3 aromatic rings. The van der Waals surface area contributed by atoms with Crippen molar-refractivity contribution in [2.45, 2.75) is 32.1 Å². The molecule has 0 N–H and O–H groups in total. The van der Waals surface area contributed by atoms with E-state index in [0.717, 1.165) is 27.5 Å². The second kappa shape index (κ2) is 6.53. The van der Waals surface area contributed by atoms with Gasteiger partial charge in [-0.15, -0.1) is 0 Å². The number of nitriles is 1. The Balaban J connectivity index is 1.79. The molecular formula is C23H19F2N. The van der Waals surface area contributed by atoms with Crippen molar-refractivity contribution in [3.63, 3.8) is 0 Å². The van der Waals surface area contributed by atoms with Gasteiger partial charge in [0, 0.05) is 12.3 Å². The fourth-order valence-electron chi connectivity index (χ4n) is 4.04. The summed E-state index contributed by atoms with van der Waals surface area (Å²) >= 11 is 0. The molecule has 0 fully saturated rings. The minimum absolute atomic E-state index is 0.280. The van der Waals surface area contributed by atoms with Crippen LogP contribution in [0.15, 0.2) is 54.6 Å². The first-order valence-corrected chi connectivity index (χ1v) is 8.96. The summed E-state index contributed by atoms with van der Waals surface area (Å²) in [6.45, 7) is 1.85. The molecule has 0 radical (unpaired) electrons. The first kappa shape index (κ1) is 16.7. The molecule has 0 bridgehead atoms. The third kappa shape index (κ3) is 2.66. The lowest BCUT2D eigenvalue weighted by Crippen LogP contribution is -2.28. The zero-order valence-corrected chi connectivity index (χ0v) is 14.5. The number of rotatable bonds is 2. The van der Waals surface area contributed by atoms with Crippen molar-refractivity contribution in [3.05, 3.63) is 71.3 Å². The molecule has 1 aliphatic carbocycles. The molecule has 0 saturated carbocycles. The summed E-state index contributed by atoms with van der Waals surface area (Å²) in [6, 6.07) is 19.3. The van der Waals surface area contributed by atoms with Crippen molar-refractivity contribution in [1.29, 1.82) is 5.26 Å². The Morgan fingerprint density at radius 1 is 1.00 bits per heavy atom. The number of hydrogen-bond donors (Lipinski definition) is 0. The molecule has 3 heteroatoms. The van der Waals surface area contributed by atoms with Crippen molar-refractivity contribution in [2.75, 3.05) is 0 Å². The van der Waals surface area contributed by atoms with Crippen LogP contribution in [0.3, 0.4) is 0 Å². The number of hydrogen-bond acceptors (Lipinski definition) is 1. The monoisotopic (exact) mass is 347 g/mol. The maximum atomic E-state index is 14.8. The molecule has 0 amide bonds. The van der Waals surface area contributed by atoms with Crippen LogP contribution in [0.5, 0.6) is 0 Å². The lowest BCUT2D eigenvalue weighted by atomic mass is 9.78. The van der Waals surface area contributed by atoms with E-state index in [1.807, 2.05) is 49.4 Å². The molecule has 0 spiro atoms. The van der Waals surface area contributed by atoms with E-state index in [0.29, 0.717) is 17.5 Å². The van der Waals surface area contributed by atoms with Gasteiger partial charge in [0.2, 0.25) is 0 Å². The standard InChI is InChI=1S/C23H19F2N/c1-2-18-22(24)12-21-19-9-7-16(15-5-3-14(13-26)4-6-15)11-17(19)8-10-20(21)23(18)25/h3-11,18,22-23H,2,12H2,1H3/t18-,22+,23?/m1/s1. The van der Waals surface area contributed by atoms with Gasteiger partial charge in [-0.2, -0.15) is 5.26 Å².